The first-order valence-corrected chi connectivity index (χ1v) is 9.03. The molecular weight excluding hydrogens is 336 g/mol. The third-order valence-corrected chi connectivity index (χ3v) is 4.53. The van der Waals surface area contributed by atoms with Crippen molar-refractivity contribution in [3.8, 4) is 0 Å². The zero-order valence-corrected chi connectivity index (χ0v) is 16.0. The van der Waals surface area contributed by atoms with Crippen molar-refractivity contribution in [3.63, 3.8) is 0 Å². The molecule has 26 heavy (non-hydrogen) atoms. The number of piperazine rings is 1. The lowest BCUT2D eigenvalue weighted by Gasteiger charge is -2.34. The van der Waals surface area contributed by atoms with Crippen LogP contribution in [0.15, 0.2) is 0 Å². The summed E-state index contributed by atoms with van der Waals surface area (Å²) in [7, 11) is 0. The highest BCUT2D eigenvalue weighted by atomic mass is 16.5. The Morgan fingerprint density at radius 1 is 1.12 bits per heavy atom. The Morgan fingerprint density at radius 3 is 2.35 bits per heavy atom. The molecule has 0 spiro atoms. The van der Waals surface area contributed by atoms with E-state index in [1.807, 2.05) is 11.8 Å². The maximum absolute atomic E-state index is 12.8. The second-order valence-corrected chi connectivity index (χ2v) is 6.37. The molecule has 1 aromatic heterocycles. The van der Waals surface area contributed by atoms with Crippen molar-refractivity contribution >= 4 is 17.8 Å². The van der Waals surface area contributed by atoms with Gasteiger partial charge in [0.05, 0.1) is 18.7 Å². The zero-order chi connectivity index (χ0) is 19.3. The van der Waals surface area contributed by atoms with Gasteiger partial charge < -0.3 is 19.9 Å². The van der Waals surface area contributed by atoms with Crippen molar-refractivity contribution in [1.82, 2.24) is 20.1 Å². The van der Waals surface area contributed by atoms with Crippen LogP contribution >= 0.6 is 0 Å². The predicted octanol–water partition coefficient (Wildman–Crippen LogP) is 0.702. The van der Waals surface area contributed by atoms with E-state index in [4.69, 9.17) is 4.74 Å². The molecule has 2 rings (SSSR count). The van der Waals surface area contributed by atoms with Gasteiger partial charge in [0.1, 0.15) is 5.69 Å². The molecule has 0 atom stereocenters. The molecule has 0 radical (unpaired) electrons. The second-order valence-electron chi connectivity index (χ2n) is 6.37. The summed E-state index contributed by atoms with van der Waals surface area (Å²) in [5.74, 6) is -0.537. The van der Waals surface area contributed by atoms with Gasteiger partial charge in [0.2, 0.25) is 5.91 Å². The summed E-state index contributed by atoms with van der Waals surface area (Å²) in [4.78, 5) is 43.4. The maximum Gasteiger partial charge on any atom is 0.340 e. The summed E-state index contributed by atoms with van der Waals surface area (Å²) in [6, 6.07) is 0. The van der Waals surface area contributed by atoms with Crippen molar-refractivity contribution in [1.29, 1.82) is 0 Å². The molecular formula is C18H28N4O4. The second kappa shape index (κ2) is 8.84. The van der Waals surface area contributed by atoms with Crippen LogP contribution in [-0.2, 0) is 9.53 Å². The van der Waals surface area contributed by atoms with Gasteiger partial charge in [-0.2, -0.15) is 0 Å². The topological polar surface area (TPSA) is 94.7 Å². The third-order valence-electron chi connectivity index (χ3n) is 4.53. The number of amides is 2. The quantitative estimate of drug-likeness (QED) is 0.725. The molecule has 0 bridgehead atoms. The van der Waals surface area contributed by atoms with Gasteiger partial charge in [-0.25, -0.2) is 4.79 Å². The van der Waals surface area contributed by atoms with Crippen molar-refractivity contribution < 1.29 is 19.1 Å². The molecule has 2 N–H and O–H groups in total. The van der Waals surface area contributed by atoms with Crippen molar-refractivity contribution in [2.24, 2.45) is 0 Å². The Bertz CT molecular complexity index is 675. The van der Waals surface area contributed by atoms with Gasteiger partial charge in [-0.3, -0.25) is 14.5 Å². The molecule has 1 aliphatic rings. The average molecular weight is 364 g/mol. The van der Waals surface area contributed by atoms with Crippen LogP contribution in [0.2, 0.25) is 0 Å². The van der Waals surface area contributed by atoms with E-state index < -0.39 is 5.97 Å². The van der Waals surface area contributed by atoms with Gasteiger partial charge in [0.15, 0.2) is 0 Å². The number of aryl methyl sites for hydroxylation is 1. The number of aromatic amines is 1. The van der Waals surface area contributed by atoms with Crippen LogP contribution in [0.1, 0.15) is 46.0 Å². The van der Waals surface area contributed by atoms with Gasteiger partial charge in [0, 0.05) is 38.4 Å². The SMILES string of the molecule is CCNC(=O)CN1CCN(C(=O)c2[nH]c(C)c(C(=O)OCC)c2C)CC1. The summed E-state index contributed by atoms with van der Waals surface area (Å²) in [5, 5.41) is 2.78. The molecule has 0 unspecified atom stereocenters. The van der Waals surface area contributed by atoms with Crippen LogP contribution in [0.5, 0.6) is 0 Å². The number of nitrogens with one attached hydrogen (secondary N) is 2. The number of hydrogen-bond donors (Lipinski definition) is 2. The first-order valence-electron chi connectivity index (χ1n) is 9.03. The maximum atomic E-state index is 12.8. The smallest absolute Gasteiger partial charge is 0.340 e. The molecule has 0 aliphatic carbocycles. The van der Waals surface area contributed by atoms with Gasteiger partial charge in [-0.1, -0.05) is 0 Å². The molecule has 1 saturated heterocycles. The first-order chi connectivity index (χ1) is 12.4. The minimum Gasteiger partial charge on any atom is -0.462 e. The number of ether oxygens (including phenoxy) is 1. The fraction of sp³-hybridized carbons (Fsp3) is 0.611. The summed E-state index contributed by atoms with van der Waals surface area (Å²) in [6.07, 6.45) is 0. The fourth-order valence-electron chi connectivity index (χ4n) is 3.20. The molecule has 0 saturated carbocycles. The normalized spacial score (nSPS) is 15.0. The number of nitrogens with zero attached hydrogens (tertiary/aromatic N) is 2. The van der Waals surface area contributed by atoms with E-state index in [0.717, 1.165) is 0 Å². The van der Waals surface area contributed by atoms with Crippen LogP contribution in [0, 0.1) is 13.8 Å². The predicted molar refractivity (Wildman–Crippen MR) is 97.3 cm³/mol. The minimum atomic E-state index is -0.412. The monoisotopic (exact) mass is 364 g/mol. The van der Waals surface area contributed by atoms with Crippen molar-refractivity contribution in [2.75, 3.05) is 45.9 Å². The van der Waals surface area contributed by atoms with Crippen LogP contribution in [0.25, 0.3) is 0 Å². The highest BCUT2D eigenvalue weighted by molar-refractivity contribution is 6.00. The number of rotatable bonds is 6. The highest BCUT2D eigenvalue weighted by Crippen LogP contribution is 2.21. The molecule has 1 aromatic rings. The first kappa shape index (κ1) is 20.0. The molecule has 0 aromatic carbocycles. The summed E-state index contributed by atoms with van der Waals surface area (Å²) >= 11 is 0. The van der Waals surface area contributed by atoms with E-state index in [1.165, 1.54) is 0 Å². The van der Waals surface area contributed by atoms with Crippen molar-refractivity contribution in [2.45, 2.75) is 27.7 Å². The lowest BCUT2D eigenvalue weighted by atomic mass is 10.1. The van der Waals surface area contributed by atoms with E-state index in [9.17, 15) is 14.4 Å². The number of aromatic nitrogens is 1. The minimum absolute atomic E-state index is 0.00203. The highest BCUT2D eigenvalue weighted by Gasteiger charge is 2.28. The number of H-pyrrole nitrogens is 1. The van der Waals surface area contributed by atoms with Gasteiger partial charge >= 0.3 is 5.97 Å². The fourth-order valence-corrected chi connectivity index (χ4v) is 3.20. The standard InChI is InChI=1S/C18H28N4O4/c1-5-19-14(23)11-21-7-9-22(10-8-21)17(24)16-12(3)15(13(4)20-16)18(25)26-6-2/h20H,5-11H2,1-4H3,(H,19,23). The molecule has 1 fully saturated rings. The van der Waals surface area contributed by atoms with E-state index in [2.05, 4.69) is 10.3 Å². The summed E-state index contributed by atoms with van der Waals surface area (Å²) < 4.78 is 5.07. The average Bonchev–Trinajstić information content (AvgIpc) is 2.90. The zero-order valence-electron chi connectivity index (χ0n) is 16.0. The number of hydrogen-bond acceptors (Lipinski definition) is 5. The number of esters is 1. The Kier molecular flexibility index (Phi) is 6.79. The largest absolute Gasteiger partial charge is 0.462 e. The Balaban J connectivity index is 2.02. The molecule has 8 nitrogen and oxygen atoms in total. The molecule has 2 amide bonds. The number of carbonyl (C=O) groups is 3. The van der Waals surface area contributed by atoms with Gasteiger partial charge in [0.25, 0.3) is 5.91 Å². The van der Waals surface area contributed by atoms with Crippen LogP contribution in [0.4, 0.5) is 0 Å². The van der Waals surface area contributed by atoms with Crippen LogP contribution < -0.4 is 5.32 Å². The van der Waals surface area contributed by atoms with Crippen LogP contribution in [0.3, 0.4) is 0 Å². The Labute approximate surface area is 153 Å². The molecule has 2 heterocycles. The lowest BCUT2D eigenvalue weighted by Crippen LogP contribution is -2.51. The lowest BCUT2D eigenvalue weighted by molar-refractivity contribution is -0.122. The number of likely N-dealkylation sites (N-methyl/N-ethyl adjacent to an activating group) is 1. The van der Waals surface area contributed by atoms with E-state index in [0.29, 0.717) is 68.4 Å². The Morgan fingerprint density at radius 2 is 1.77 bits per heavy atom. The molecule has 1 aliphatic heterocycles. The van der Waals surface area contributed by atoms with Gasteiger partial charge in [-0.15, -0.1) is 0 Å². The van der Waals surface area contributed by atoms with Crippen molar-refractivity contribution in [3.05, 3.63) is 22.5 Å². The molecule has 8 heteroatoms. The summed E-state index contributed by atoms with van der Waals surface area (Å²) in [6.45, 7) is 10.8. The third kappa shape index (κ3) is 4.43. The van der Waals surface area contributed by atoms with E-state index >= 15 is 0 Å². The van der Waals surface area contributed by atoms with Gasteiger partial charge in [-0.05, 0) is 33.3 Å². The molecule has 144 valence electrons. The summed E-state index contributed by atoms with van der Waals surface area (Å²) in [5.41, 5.74) is 2.13. The van der Waals surface area contributed by atoms with E-state index in [-0.39, 0.29) is 11.8 Å². The van der Waals surface area contributed by atoms with E-state index in [1.54, 1.807) is 25.7 Å². The van der Waals surface area contributed by atoms with Crippen LogP contribution in [-0.4, -0.2) is 78.4 Å². The Hall–Kier alpha value is -2.35. The number of carbonyl (C=O) groups excluding carboxylic acids is 3.